The van der Waals surface area contributed by atoms with Crippen molar-refractivity contribution < 1.29 is 4.39 Å². The van der Waals surface area contributed by atoms with Gasteiger partial charge in [-0.05, 0) is 65.0 Å². The summed E-state index contributed by atoms with van der Waals surface area (Å²) in [6.45, 7) is 8.39. The summed E-state index contributed by atoms with van der Waals surface area (Å²) < 4.78 is 13.4. The fraction of sp³-hybridized carbons (Fsp3) is 0.600. The van der Waals surface area contributed by atoms with Gasteiger partial charge in [0.05, 0.1) is 5.02 Å². The maximum Gasteiger partial charge on any atom is 0.142 e. The van der Waals surface area contributed by atoms with Gasteiger partial charge in [-0.25, -0.2) is 4.39 Å². The van der Waals surface area contributed by atoms with Crippen molar-refractivity contribution in [1.29, 1.82) is 0 Å². The van der Waals surface area contributed by atoms with Gasteiger partial charge in [-0.3, -0.25) is 0 Å². The second kappa shape index (κ2) is 7.83. The fourth-order valence-corrected chi connectivity index (χ4v) is 1.92. The molecular formula is C15H24ClFN2. The average Bonchev–Trinajstić information content (AvgIpc) is 2.37. The highest BCUT2D eigenvalue weighted by atomic mass is 35.5. The van der Waals surface area contributed by atoms with Crippen LogP contribution in [-0.2, 0) is 0 Å². The summed E-state index contributed by atoms with van der Waals surface area (Å²) in [6.07, 6.45) is 1.08. The second-order valence-corrected chi connectivity index (χ2v) is 5.68. The Morgan fingerprint density at radius 1 is 1.32 bits per heavy atom. The molecule has 0 saturated heterocycles. The molecule has 0 fully saturated rings. The Hall–Kier alpha value is -0.640. The molecule has 0 bridgehead atoms. The Labute approximate surface area is 120 Å². The van der Waals surface area contributed by atoms with Gasteiger partial charge in [-0.15, -0.1) is 0 Å². The van der Waals surface area contributed by atoms with Crippen molar-refractivity contribution in [2.45, 2.75) is 39.3 Å². The fourth-order valence-electron chi connectivity index (χ4n) is 1.80. The van der Waals surface area contributed by atoms with E-state index in [2.05, 4.69) is 31.1 Å². The Kier molecular flexibility index (Phi) is 6.76. The molecule has 1 N–H and O–H groups in total. The zero-order valence-electron chi connectivity index (χ0n) is 12.2. The molecule has 1 rings (SSSR count). The summed E-state index contributed by atoms with van der Waals surface area (Å²) in [6, 6.07) is 5.68. The van der Waals surface area contributed by atoms with Crippen LogP contribution in [0.2, 0.25) is 5.02 Å². The van der Waals surface area contributed by atoms with Gasteiger partial charge in [0.25, 0.3) is 0 Å². The van der Waals surface area contributed by atoms with Gasteiger partial charge in [0.2, 0.25) is 0 Å². The van der Waals surface area contributed by atoms with E-state index in [0.717, 1.165) is 25.1 Å². The zero-order chi connectivity index (χ0) is 14.4. The molecule has 0 spiro atoms. The van der Waals surface area contributed by atoms with E-state index in [1.54, 1.807) is 6.07 Å². The van der Waals surface area contributed by atoms with Crippen LogP contribution in [0.5, 0.6) is 0 Å². The first-order valence-corrected chi connectivity index (χ1v) is 7.18. The van der Waals surface area contributed by atoms with Crippen molar-refractivity contribution in [3.8, 4) is 0 Å². The topological polar surface area (TPSA) is 15.3 Å². The van der Waals surface area contributed by atoms with Gasteiger partial charge < -0.3 is 10.2 Å². The Morgan fingerprint density at radius 3 is 2.58 bits per heavy atom. The van der Waals surface area contributed by atoms with Gasteiger partial charge in [-0.2, -0.15) is 0 Å². The molecule has 0 aliphatic carbocycles. The molecule has 2 nitrogen and oxygen atoms in total. The third-order valence-corrected chi connectivity index (χ3v) is 3.77. The number of hydrogen-bond acceptors (Lipinski definition) is 2. The van der Waals surface area contributed by atoms with E-state index in [-0.39, 0.29) is 16.9 Å². The molecule has 4 heteroatoms. The lowest BCUT2D eigenvalue weighted by Crippen LogP contribution is -2.30. The van der Waals surface area contributed by atoms with E-state index in [4.69, 9.17) is 11.6 Å². The minimum Gasteiger partial charge on any atom is -0.310 e. The molecule has 1 unspecified atom stereocenters. The molecule has 0 radical (unpaired) electrons. The first-order valence-electron chi connectivity index (χ1n) is 6.80. The third kappa shape index (κ3) is 5.47. The van der Waals surface area contributed by atoms with E-state index < -0.39 is 0 Å². The van der Waals surface area contributed by atoms with E-state index >= 15 is 0 Å². The molecule has 1 aromatic rings. The summed E-state index contributed by atoms with van der Waals surface area (Å²) >= 11 is 5.68. The molecule has 19 heavy (non-hydrogen) atoms. The number of halogens is 2. The van der Waals surface area contributed by atoms with Crippen LogP contribution in [0.4, 0.5) is 4.39 Å². The van der Waals surface area contributed by atoms with Crippen molar-refractivity contribution in [1.82, 2.24) is 10.2 Å². The summed E-state index contributed by atoms with van der Waals surface area (Å²) in [5, 5.41) is 3.58. The molecule has 0 amide bonds. The van der Waals surface area contributed by atoms with Crippen LogP contribution in [0.15, 0.2) is 18.2 Å². The monoisotopic (exact) mass is 286 g/mol. The number of nitrogens with one attached hydrogen (secondary N) is 1. The van der Waals surface area contributed by atoms with Crippen LogP contribution >= 0.6 is 11.6 Å². The summed E-state index contributed by atoms with van der Waals surface area (Å²) in [5.74, 6) is -0.354. The number of benzene rings is 1. The number of rotatable bonds is 7. The quantitative estimate of drug-likeness (QED) is 0.766. The summed E-state index contributed by atoms with van der Waals surface area (Å²) in [4.78, 5) is 2.31. The van der Waals surface area contributed by atoms with Gasteiger partial charge in [0.1, 0.15) is 5.82 Å². The van der Waals surface area contributed by atoms with Crippen LogP contribution < -0.4 is 5.32 Å². The summed E-state index contributed by atoms with van der Waals surface area (Å²) in [5.41, 5.74) is 0.930. The summed E-state index contributed by atoms with van der Waals surface area (Å²) in [7, 11) is 2.13. The van der Waals surface area contributed by atoms with E-state index in [9.17, 15) is 4.39 Å². The molecular weight excluding hydrogens is 263 g/mol. The highest BCUT2D eigenvalue weighted by Gasteiger charge is 2.08. The largest absolute Gasteiger partial charge is 0.310 e. The Balaban J connectivity index is 2.35. The number of nitrogens with zero attached hydrogens (tertiary/aromatic N) is 1. The highest BCUT2D eigenvalue weighted by molar-refractivity contribution is 6.30. The molecule has 0 aromatic heterocycles. The minimum absolute atomic E-state index is 0.135. The average molecular weight is 287 g/mol. The molecule has 0 heterocycles. The Bertz CT molecular complexity index is 396. The van der Waals surface area contributed by atoms with Crippen molar-refractivity contribution in [2.24, 2.45) is 0 Å². The lowest BCUT2D eigenvalue weighted by molar-refractivity contribution is 0.268. The molecule has 1 aromatic carbocycles. The van der Waals surface area contributed by atoms with Crippen LogP contribution in [0.25, 0.3) is 0 Å². The molecule has 0 saturated carbocycles. The van der Waals surface area contributed by atoms with Gasteiger partial charge in [0, 0.05) is 12.1 Å². The van der Waals surface area contributed by atoms with Crippen molar-refractivity contribution in [3.63, 3.8) is 0 Å². The van der Waals surface area contributed by atoms with Crippen molar-refractivity contribution in [2.75, 3.05) is 20.1 Å². The van der Waals surface area contributed by atoms with Crippen LogP contribution in [0.1, 0.15) is 38.8 Å². The first kappa shape index (κ1) is 16.4. The second-order valence-electron chi connectivity index (χ2n) is 5.28. The van der Waals surface area contributed by atoms with Gasteiger partial charge >= 0.3 is 0 Å². The maximum absolute atomic E-state index is 13.4. The lowest BCUT2D eigenvalue weighted by Gasteiger charge is -2.21. The third-order valence-electron chi connectivity index (χ3n) is 3.46. The first-order chi connectivity index (χ1) is 8.91. The van der Waals surface area contributed by atoms with Gasteiger partial charge in [0.15, 0.2) is 0 Å². The standard InChI is InChI=1S/C15H24ClFN2/c1-11(2)19(4)9-5-8-18-12(3)13-6-7-14(16)15(17)10-13/h6-7,10-12,18H,5,8-9H2,1-4H3. The Morgan fingerprint density at radius 2 is 2.00 bits per heavy atom. The zero-order valence-corrected chi connectivity index (χ0v) is 13.0. The van der Waals surface area contributed by atoms with E-state index in [0.29, 0.717) is 6.04 Å². The maximum atomic E-state index is 13.4. The normalized spacial score (nSPS) is 13.3. The smallest absolute Gasteiger partial charge is 0.142 e. The minimum atomic E-state index is -0.354. The molecule has 1 atom stereocenters. The van der Waals surface area contributed by atoms with E-state index in [1.807, 2.05) is 13.0 Å². The molecule has 0 aliphatic heterocycles. The van der Waals surface area contributed by atoms with E-state index in [1.165, 1.54) is 6.07 Å². The number of hydrogen-bond donors (Lipinski definition) is 1. The van der Waals surface area contributed by atoms with Gasteiger partial charge in [-0.1, -0.05) is 17.7 Å². The van der Waals surface area contributed by atoms with Crippen LogP contribution in [0, 0.1) is 5.82 Å². The van der Waals surface area contributed by atoms with Crippen molar-refractivity contribution >= 4 is 11.6 Å². The SMILES string of the molecule is CC(NCCCN(C)C(C)C)c1ccc(Cl)c(F)c1. The molecule has 108 valence electrons. The van der Waals surface area contributed by atoms with Crippen LogP contribution in [0.3, 0.4) is 0 Å². The van der Waals surface area contributed by atoms with Crippen molar-refractivity contribution in [3.05, 3.63) is 34.6 Å². The lowest BCUT2D eigenvalue weighted by atomic mass is 10.1. The highest BCUT2D eigenvalue weighted by Crippen LogP contribution is 2.19. The van der Waals surface area contributed by atoms with Crippen LogP contribution in [-0.4, -0.2) is 31.1 Å². The predicted octanol–water partition coefficient (Wildman–Crippen LogP) is 3.86. The molecule has 0 aliphatic rings. The predicted molar refractivity (Wildman–Crippen MR) is 80.2 cm³/mol.